The molecule has 0 saturated carbocycles. The second-order valence-corrected chi connectivity index (χ2v) is 4.83. The van der Waals surface area contributed by atoms with Gasteiger partial charge in [0.25, 0.3) is 0 Å². The average Bonchev–Trinajstić information content (AvgIpc) is 2.20. The first-order valence-corrected chi connectivity index (χ1v) is 6.05. The minimum absolute atomic E-state index is 0.0702. The fourth-order valence-corrected chi connectivity index (χ4v) is 1.72. The first kappa shape index (κ1) is 13.0. The largest absolute Gasteiger partial charge is 0.397 e. The number of nitrogen functional groups attached to an aromatic ring is 1. The van der Waals surface area contributed by atoms with Crippen molar-refractivity contribution in [3.63, 3.8) is 0 Å². The molecule has 0 unspecified atom stereocenters. The number of hydrogen-bond donors (Lipinski definition) is 1. The number of thioether (sulfide) groups is 1. The molecule has 2 nitrogen and oxygen atoms in total. The topological polar surface area (TPSA) is 43.1 Å². The summed E-state index contributed by atoms with van der Waals surface area (Å²) in [5.74, 6) is 6.34. The van der Waals surface area contributed by atoms with Gasteiger partial charge < -0.3 is 5.73 Å². The Morgan fingerprint density at radius 1 is 1.56 bits per heavy atom. The summed E-state index contributed by atoms with van der Waals surface area (Å²) in [6.45, 7) is 3.41. The Bertz CT molecular complexity index is 451. The molecule has 0 fully saturated rings. The second kappa shape index (κ2) is 5.83. The zero-order chi connectivity index (χ0) is 12.1. The third kappa shape index (κ3) is 3.80. The first-order chi connectivity index (χ1) is 7.50. The van der Waals surface area contributed by atoms with E-state index in [0.717, 1.165) is 11.1 Å². The molecular weight excluding hydrogens is 242 g/mol. The molecule has 4 heteroatoms. The number of halogens is 1. The van der Waals surface area contributed by atoms with Crippen molar-refractivity contribution in [2.45, 2.75) is 13.8 Å². The SMILES string of the molecule is CC(=O)SCC#Cc1cc(C)c(N)c(Cl)c1. The van der Waals surface area contributed by atoms with Crippen LogP contribution in [0.3, 0.4) is 0 Å². The summed E-state index contributed by atoms with van der Waals surface area (Å²) in [6.07, 6.45) is 0. The standard InChI is InChI=1S/C12H12ClNOS/c1-8-6-10(7-11(13)12(8)14)4-3-5-16-9(2)15/h6-7H,5,14H2,1-2H3. The summed E-state index contributed by atoms with van der Waals surface area (Å²) in [7, 11) is 0. The predicted molar refractivity (Wildman–Crippen MR) is 70.6 cm³/mol. The molecule has 0 bridgehead atoms. The Balaban J connectivity index is 2.78. The van der Waals surface area contributed by atoms with Crippen LogP contribution in [0.1, 0.15) is 18.1 Å². The molecule has 0 heterocycles. The number of benzene rings is 1. The predicted octanol–water partition coefficient (Wildman–Crippen LogP) is 2.86. The van der Waals surface area contributed by atoms with Crippen LogP contribution in [0.5, 0.6) is 0 Å². The Kier molecular flexibility index (Phi) is 4.72. The molecule has 1 rings (SSSR count). The van der Waals surface area contributed by atoms with E-state index >= 15 is 0 Å². The van der Waals surface area contributed by atoms with Crippen LogP contribution in [0.25, 0.3) is 0 Å². The van der Waals surface area contributed by atoms with Gasteiger partial charge in [-0.15, -0.1) is 0 Å². The molecule has 0 aliphatic carbocycles. The van der Waals surface area contributed by atoms with Gasteiger partial charge in [-0.25, -0.2) is 0 Å². The molecule has 0 aliphatic rings. The summed E-state index contributed by atoms with van der Waals surface area (Å²) < 4.78 is 0. The number of anilines is 1. The number of aryl methyl sites for hydroxylation is 1. The fourth-order valence-electron chi connectivity index (χ4n) is 1.10. The molecule has 16 heavy (non-hydrogen) atoms. The van der Waals surface area contributed by atoms with Crippen LogP contribution in [0.4, 0.5) is 5.69 Å². The van der Waals surface area contributed by atoms with Crippen LogP contribution in [-0.2, 0) is 4.79 Å². The molecule has 0 spiro atoms. The van der Waals surface area contributed by atoms with Crippen LogP contribution < -0.4 is 5.73 Å². The highest BCUT2D eigenvalue weighted by Crippen LogP contribution is 2.23. The van der Waals surface area contributed by atoms with Gasteiger partial charge in [-0.3, -0.25) is 4.79 Å². The van der Waals surface area contributed by atoms with Crippen molar-refractivity contribution >= 4 is 34.2 Å². The lowest BCUT2D eigenvalue weighted by atomic mass is 10.1. The van der Waals surface area contributed by atoms with Gasteiger partial charge in [0.15, 0.2) is 5.12 Å². The highest BCUT2D eigenvalue weighted by atomic mass is 35.5. The van der Waals surface area contributed by atoms with E-state index in [9.17, 15) is 4.79 Å². The van der Waals surface area contributed by atoms with Gasteiger partial charge in [-0.05, 0) is 24.6 Å². The zero-order valence-electron chi connectivity index (χ0n) is 9.13. The van der Waals surface area contributed by atoms with Gasteiger partial charge in [0.2, 0.25) is 0 Å². The minimum Gasteiger partial charge on any atom is -0.397 e. The van der Waals surface area contributed by atoms with Gasteiger partial charge in [-0.2, -0.15) is 0 Å². The Morgan fingerprint density at radius 3 is 2.81 bits per heavy atom. The van der Waals surface area contributed by atoms with Crippen molar-refractivity contribution < 1.29 is 4.79 Å². The highest BCUT2D eigenvalue weighted by molar-refractivity contribution is 8.13. The van der Waals surface area contributed by atoms with Crippen LogP contribution in [0, 0.1) is 18.8 Å². The number of rotatable bonds is 1. The van der Waals surface area contributed by atoms with E-state index in [-0.39, 0.29) is 5.12 Å². The molecule has 0 radical (unpaired) electrons. The Morgan fingerprint density at radius 2 is 2.25 bits per heavy atom. The molecule has 0 aromatic heterocycles. The van der Waals surface area contributed by atoms with Crippen molar-refractivity contribution in [1.82, 2.24) is 0 Å². The number of carbonyl (C=O) groups excluding carboxylic acids is 1. The molecule has 0 saturated heterocycles. The quantitative estimate of drug-likeness (QED) is 0.618. The highest BCUT2D eigenvalue weighted by Gasteiger charge is 2.01. The maximum Gasteiger partial charge on any atom is 0.186 e. The fraction of sp³-hybridized carbons (Fsp3) is 0.250. The van der Waals surface area contributed by atoms with Crippen molar-refractivity contribution in [2.24, 2.45) is 0 Å². The minimum atomic E-state index is 0.0702. The zero-order valence-corrected chi connectivity index (χ0v) is 10.7. The monoisotopic (exact) mass is 253 g/mol. The summed E-state index contributed by atoms with van der Waals surface area (Å²) >= 11 is 7.12. The molecule has 1 aromatic rings. The average molecular weight is 254 g/mol. The van der Waals surface area contributed by atoms with E-state index in [1.807, 2.05) is 13.0 Å². The van der Waals surface area contributed by atoms with E-state index in [2.05, 4.69) is 11.8 Å². The number of hydrogen-bond acceptors (Lipinski definition) is 3. The van der Waals surface area contributed by atoms with Crippen molar-refractivity contribution in [3.8, 4) is 11.8 Å². The summed E-state index contributed by atoms with van der Waals surface area (Å²) in [5.41, 5.74) is 8.04. The van der Waals surface area contributed by atoms with Crippen LogP contribution in [0.2, 0.25) is 5.02 Å². The normalized spacial score (nSPS) is 9.44. The lowest BCUT2D eigenvalue weighted by molar-refractivity contribution is -0.109. The number of nitrogens with two attached hydrogens (primary N) is 1. The third-order valence-electron chi connectivity index (χ3n) is 1.92. The van der Waals surface area contributed by atoms with Gasteiger partial charge in [0, 0.05) is 12.5 Å². The summed E-state index contributed by atoms with van der Waals surface area (Å²) in [4.78, 5) is 10.7. The van der Waals surface area contributed by atoms with E-state index in [0.29, 0.717) is 16.5 Å². The van der Waals surface area contributed by atoms with Crippen molar-refractivity contribution in [1.29, 1.82) is 0 Å². The van der Waals surface area contributed by atoms with Gasteiger partial charge in [0.05, 0.1) is 16.5 Å². The first-order valence-electron chi connectivity index (χ1n) is 4.68. The molecule has 0 amide bonds. The molecular formula is C12H12ClNOS. The molecule has 0 aliphatic heterocycles. The van der Waals surface area contributed by atoms with E-state index in [4.69, 9.17) is 17.3 Å². The number of carbonyl (C=O) groups is 1. The molecule has 84 valence electrons. The van der Waals surface area contributed by atoms with E-state index in [1.54, 1.807) is 6.07 Å². The second-order valence-electron chi connectivity index (χ2n) is 3.27. The summed E-state index contributed by atoms with van der Waals surface area (Å²) in [6, 6.07) is 3.61. The van der Waals surface area contributed by atoms with Crippen LogP contribution >= 0.6 is 23.4 Å². The van der Waals surface area contributed by atoms with Gasteiger partial charge in [-0.1, -0.05) is 35.2 Å². The Labute approximate surface area is 105 Å². The molecule has 1 aromatic carbocycles. The lowest BCUT2D eigenvalue weighted by Gasteiger charge is -2.02. The van der Waals surface area contributed by atoms with E-state index in [1.165, 1.54) is 18.7 Å². The third-order valence-corrected chi connectivity index (χ3v) is 2.92. The lowest BCUT2D eigenvalue weighted by Crippen LogP contribution is -1.91. The maximum atomic E-state index is 10.7. The van der Waals surface area contributed by atoms with Crippen LogP contribution in [0.15, 0.2) is 12.1 Å². The van der Waals surface area contributed by atoms with Gasteiger partial charge in [0.1, 0.15) is 0 Å². The Hall–Kier alpha value is -1.11. The molecule has 0 atom stereocenters. The summed E-state index contributed by atoms with van der Waals surface area (Å²) in [5, 5.41) is 0.587. The maximum absolute atomic E-state index is 10.7. The van der Waals surface area contributed by atoms with E-state index < -0.39 is 0 Å². The van der Waals surface area contributed by atoms with Crippen LogP contribution in [-0.4, -0.2) is 10.9 Å². The van der Waals surface area contributed by atoms with Crippen molar-refractivity contribution in [3.05, 3.63) is 28.3 Å². The smallest absolute Gasteiger partial charge is 0.186 e. The van der Waals surface area contributed by atoms with Gasteiger partial charge >= 0.3 is 0 Å². The van der Waals surface area contributed by atoms with Crippen molar-refractivity contribution in [2.75, 3.05) is 11.5 Å². The molecule has 2 N–H and O–H groups in total.